The lowest BCUT2D eigenvalue weighted by atomic mass is 10.0. The lowest BCUT2D eigenvalue weighted by molar-refractivity contribution is 0.105. The van der Waals surface area contributed by atoms with Crippen molar-refractivity contribution in [1.29, 1.82) is 0 Å². The van der Waals surface area contributed by atoms with Crippen molar-refractivity contribution in [3.63, 3.8) is 0 Å². The zero-order chi connectivity index (χ0) is 18.5. The summed E-state index contributed by atoms with van der Waals surface area (Å²) in [5.41, 5.74) is 0. The van der Waals surface area contributed by atoms with Gasteiger partial charge < -0.3 is 24.7 Å². The maximum atomic E-state index is 5.59. The molecule has 0 amide bonds. The predicted octanol–water partition coefficient (Wildman–Crippen LogP) is 2.72. The van der Waals surface area contributed by atoms with Crippen LogP contribution in [0.5, 0.6) is 0 Å². The fourth-order valence-corrected chi connectivity index (χ4v) is 2.48. The van der Waals surface area contributed by atoms with Crippen LogP contribution < -0.4 is 10.6 Å². The van der Waals surface area contributed by atoms with Crippen LogP contribution in [-0.4, -0.2) is 57.2 Å². The second kappa shape index (κ2) is 12.8. The average molecular weight is 353 g/mol. The average Bonchev–Trinajstić information content (AvgIpc) is 3.07. The quantitative estimate of drug-likeness (QED) is 0.344. The molecule has 1 unspecified atom stereocenters. The van der Waals surface area contributed by atoms with Crippen molar-refractivity contribution in [2.45, 2.75) is 46.3 Å². The normalized spacial score (nSPS) is 13.5. The molecule has 1 rings (SSSR count). The highest BCUT2D eigenvalue weighted by Gasteiger charge is 2.13. The van der Waals surface area contributed by atoms with Gasteiger partial charge in [-0.15, -0.1) is 0 Å². The summed E-state index contributed by atoms with van der Waals surface area (Å²) in [6.07, 6.45) is 3.74. The van der Waals surface area contributed by atoms with Crippen LogP contribution in [0.4, 0.5) is 0 Å². The molecule has 0 saturated carbocycles. The molecule has 1 aromatic heterocycles. The van der Waals surface area contributed by atoms with Crippen LogP contribution in [0.1, 0.15) is 39.4 Å². The molecule has 1 aromatic rings. The molecule has 1 atom stereocenters. The van der Waals surface area contributed by atoms with Crippen LogP contribution in [0.15, 0.2) is 27.8 Å². The zero-order valence-corrected chi connectivity index (χ0v) is 16.5. The fraction of sp³-hybridized carbons (Fsp3) is 0.737. The number of likely N-dealkylation sites (N-methyl/N-ethyl adjacent to an activating group) is 1. The second-order valence-electron chi connectivity index (χ2n) is 6.88. The van der Waals surface area contributed by atoms with Crippen molar-refractivity contribution < 1.29 is 9.15 Å². The van der Waals surface area contributed by atoms with E-state index in [0.29, 0.717) is 25.2 Å². The van der Waals surface area contributed by atoms with Gasteiger partial charge in [0.15, 0.2) is 5.96 Å². The molecular formula is C19H36N4O2. The molecule has 6 heteroatoms. The molecule has 1 heterocycles. The fourth-order valence-electron chi connectivity index (χ4n) is 2.48. The minimum absolute atomic E-state index is 0.465. The number of rotatable bonds is 12. The van der Waals surface area contributed by atoms with Crippen LogP contribution in [0.3, 0.4) is 0 Å². The third kappa shape index (κ3) is 10.1. The summed E-state index contributed by atoms with van der Waals surface area (Å²) in [6.45, 7) is 10.3. The topological polar surface area (TPSA) is 62.0 Å². The van der Waals surface area contributed by atoms with Crippen molar-refractivity contribution in [3.05, 3.63) is 24.2 Å². The highest BCUT2D eigenvalue weighted by molar-refractivity contribution is 5.79. The first-order valence-electron chi connectivity index (χ1n) is 9.31. The largest absolute Gasteiger partial charge is 0.467 e. The van der Waals surface area contributed by atoms with Gasteiger partial charge in [0, 0.05) is 25.7 Å². The third-order valence-corrected chi connectivity index (χ3v) is 3.86. The third-order valence-electron chi connectivity index (χ3n) is 3.86. The Kier molecular flexibility index (Phi) is 11.0. The number of ether oxygens (including phenoxy) is 1. The number of hydrogen-bond acceptors (Lipinski definition) is 4. The molecule has 0 fully saturated rings. The van der Waals surface area contributed by atoms with Crippen molar-refractivity contribution >= 4 is 5.96 Å². The van der Waals surface area contributed by atoms with Gasteiger partial charge in [-0.2, -0.15) is 0 Å². The van der Waals surface area contributed by atoms with E-state index in [4.69, 9.17) is 14.1 Å². The maximum absolute atomic E-state index is 5.59. The van der Waals surface area contributed by atoms with E-state index >= 15 is 0 Å². The number of nitrogens with zero attached hydrogens (tertiary/aromatic N) is 2. The van der Waals surface area contributed by atoms with E-state index in [1.54, 1.807) is 6.26 Å². The Morgan fingerprint density at radius 2 is 2.12 bits per heavy atom. The summed E-state index contributed by atoms with van der Waals surface area (Å²) >= 11 is 0. The molecule has 25 heavy (non-hydrogen) atoms. The van der Waals surface area contributed by atoms with E-state index < -0.39 is 0 Å². The Labute approximate surface area is 153 Å². The van der Waals surface area contributed by atoms with Crippen LogP contribution >= 0.6 is 0 Å². The molecule has 0 aliphatic carbocycles. The van der Waals surface area contributed by atoms with Crippen molar-refractivity contribution in [2.24, 2.45) is 10.9 Å². The zero-order valence-electron chi connectivity index (χ0n) is 16.5. The minimum atomic E-state index is 0.465. The van der Waals surface area contributed by atoms with Gasteiger partial charge >= 0.3 is 0 Å². The summed E-state index contributed by atoms with van der Waals surface area (Å²) in [5, 5.41) is 6.69. The van der Waals surface area contributed by atoms with Crippen molar-refractivity contribution in [3.8, 4) is 0 Å². The highest BCUT2D eigenvalue weighted by Crippen LogP contribution is 2.09. The first kappa shape index (κ1) is 21.5. The van der Waals surface area contributed by atoms with Gasteiger partial charge in [-0.25, -0.2) is 0 Å². The summed E-state index contributed by atoms with van der Waals surface area (Å²) in [6, 6.07) is 4.26. The highest BCUT2D eigenvalue weighted by atomic mass is 16.5. The molecule has 0 aliphatic rings. The van der Waals surface area contributed by atoms with E-state index in [1.165, 1.54) is 0 Å². The molecule has 144 valence electrons. The van der Waals surface area contributed by atoms with E-state index in [2.05, 4.69) is 50.4 Å². The van der Waals surface area contributed by atoms with E-state index in [-0.39, 0.29) is 0 Å². The first-order valence-corrected chi connectivity index (χ1v) is 9.31. The number of nitrogens with one attached hydrogen (secondary N) is 2. The number of aliphatic imine (C=N–C) groups is 1. The van der Waals surface area contributed by atoms with Gasteiger partial charge in [-0.1, -0.05) is 13.8 Å². The minimum Gasteiger partial charge on any atom is -0.467 e. The van der Waals surface area contributed by atoms with Crippen LogP contribution in [-0.2, 0) is 11.3 Å². The van der Waals surface area contributed by atoms with Gasteiger partial charge in [0.05, 0.1) is 12.8 Å². The van der Waals surface area contributed by atoms with Gasteiger partial charge in [0.25, 0.3) is 0 Å². The van der Waals surface area contributed by atoms with Gasteiger partial charge in [-0.05, 0) is 51.9 Å². The lowest BCUT2D eigenvalue weighted by Crippen LogP contribution is -2.40. The SMILES string of the molecule is CCNC(=NCC(CC(C)C)N(C)C)NCCCOCc1ccco1. The first-order chi connectivity index (χ1) is 12.0. The van der Waals surface area contributed by atoms with Crippen LogP contribution in [0.25, 0.3) is 0 Å². The molecule has 0 saturated heterocycles. The van der Waals surface area contributed by atoms with Crippen molar-refractivity contribution in [1.82, 2.24) is 15.5 Å². The van der Waals surface area contributed by atoms with Gasteiger partial charge in [0.2, 0.25) is 0 Å². The molecule has 6 nitrogen and oxygen atoms in total. The molecule has 0 radical (unpaired) electrons. The second-order valence-corrected chi connectivity index (χ2v) is 6.88. The molecular weight excluding hydrogens is 316 g/mol. The number of hydrogen-bond donors (Lipinski definition) is 2. The Morgan fingerprint density at radius 1 is 1.32 bits per heavy atom. The van der Waals surface area contributed by atoms with E-state index in [1.807, 2.05) is 12.1 Å². The van der Waals surface area contributed by atoms with Crippen LogP contribution in [0, 0.1) is 5.92 Å². The summed E-state index contributed by atoms with van der Waals surface area (Å²) < 4.78 is 10.8. The summed E-state index contributed by atoms with van der Waals surface area (Å²) in [4.78, 5) is 7.00. The maximum Gasteiger partial charge on any atom is 0.191 e. The molecule has 0 bridgehead atoms. The predicted molar refractivity (Wildman–Crippen MR) is 104 cm³/mol. The van der Waals surface area contributed by atoms with Gasteiger partial charge in [0.1, 0.15) is 12.4 Å². The van der Waals surface area contributed by atoms with Crippen molar-refractivity contribution in [2.75, 3.05) is 40.3 Å². The number of guanidine groups is 1. The van der Waals surface area contributed by atoms with Crippen LogP contribution in [0.2, 0.25) is 0 Å². The Bertz CT molecular complexity index is 458. The molecule has 0 aromatic carbocycles. The smallest absolute Gasteiger partial charge is 0.191 e. The monoisotopic (exact) mass is 352 g/mol. The van der Waals surface area contributed by atoms with E-state index in [9.17, 15) is 0 Å². The molecule has 0 aliphatic heterocycles. The molecule has 2 N–H and O–H groups in total. The Hall–Kier alpha value is -1.53. The Balaban J connectivity index is 2.29. The number of furan rings is 1. The molecule has 0 spiro atoms. The van der Waals surface area contributed by atoms with Gasteiger partial charge in [-0.3, -0.25) is 4.99 Å². The summed E-state index contributed by atoms with van der Waals surface area (Å²) in [5.74, 6) is 2.41. The lowest BCUT2D eigenvalue weighted by Gasteiger charge is -2.24. The Morgan fingerprint density at radius 3 is 2.72 bits per heavy atom. The standard InChI is InChI=1S/C19H36N4O2/c1-6-20-19(22-14-17(23(4)5)13-16(2)3)21-10-8-11-24-15-18-9-7-12-25-18/h7,9,12,16-17H,6,8,10-11,13-15H2,1-5H3,(H2,20,21,22). The summed E-state index contributed by atoms with van der Waals surface area (Å²) in [7, 11) is 4.25. The van der Waals surface area contributed by atoms with E-state index in [0.717, 1.165) is 44.2 Å².